The molecule has 5 N–H and O–H groups in total. The van der Waals surface area contributed by atoms with E-state index in [-0.39, 0.29) is 19.2 Å². The van der Waals surface area contributed by atoms with Gasteiger partial charge in [-0.2, -0.15) is 0 Å². The molecule has 2 aromatic carbocycles. The molecule has 2 heterocycles. The number of aromatic amines is 2. The molecule has 0 spiro atoms. The summed E-state index contributed by atoms with van der Waals surface area (Å²) in [6, 6.07) is 13.3. The first-order valence-corrected chi connectivity index (χ1v) is 10.8. The molecular formula is C21H24N6O3S2. The number of carbonyl (C=O) groups excluding carboxylic acids is 1. The van der Waals surface area contributed by atoms with Crippen molar-refractivity contribution in [2.24, 2.45) is 5.41 Å². The highest BCUT2D eigenvalue weighted by Crippen LogP contribution is 2.30. The quantitative estimate of drug-likeness (QED) is 0.265. The number of rotatable bonds is 7. The number of anilines is 2. The van der Waals surface area contributed by atoms with Gasteiger partial charge in [0, 0.05) is 5.69 Å². The Hall–Kier alpha value is -3.15. The third kappa shape index (κ3) is 4.27. The molecular weight excluding hydrogens is 448 g/mol. The van der Waals surface area contributed by atoms with Crippen molar-refractivity contribution in [2.75, 3.05) is 30.2 Å². The zero-order chi connectivity index (χ0) is 22.9. The first-order chi connectivity index (χ1) is 15.3. The van der Waals surface area contributed by atoms with Gasteiger partial charge < -0.3 is 15.2 Å². The maximum atomic E-state index is 12.1. The van der Waals surface area contributed by atoms with Crippen LogP contribution in [0, 0.1) is 21.9 Å². The first kappa shape index (κ1) is 22.1. The Morgan fingerprint density at radius 2 is 1.84 bits per heavy atom. The van der Waals surface area contributed by atoms with Crippen molar-refractivity contribution in [3.63, 3.8) is 0 Å². The van der Waals surface area contributed by atoms with Crippen LogP contribution in [0.5, 0.6) is 5.75 Å². The fourth-order valence-corrected chi connectivity index (χ4v) is 4.05. The Morgan fingerprint density at radius 3 is 2.44 bits per heavy atom. The van der Waals surface area contributed by atoms with Crippen LogP contribution in [0.3, 0.4) is 0 Å². The van der Waals surface area contributed by atoms with E-state index in [0.29, 0.717) is 21.8 Å². The van der Waals surface area contributed by atoms with Crippen molar-refractivity contribution in [2.45, 2.75) is 13.8 Å². The van der Waals surface area contributed by atoms with Crippen LogP contribution in [-0.4, -0.2) is 45.7 Å². The number of ether oxygens (including phenoxy) is 1. The maximum absolute atomic E-state index is 12.1. The largest absolute Gasteiger partial charge is 0.473 e. The Labute approximate surface area is 195 Å². The van der Waals surface area contributed by atoms with Crippen molar-refractivity contribution in [3.8, 4) is 11.4 Å². The van der Waals surface area contributed by atoms with Crippen molar-refractivity contribution in [1.82, 2.24) is 20.2 Å². The fourth-order valence-electron chi connectivity index (χ4n) is 3.49. The van der Waals surface area contributed by atoms with Gasteiger partial charge in [-0.15, -0.1) is 0 Å². The molecule has 0 saturated carbocycles. The summed E-state index contributed by atoms with van der Waals surface area (Å²) in [5, 5.41) is 20.2. The second-order valence-corrected chi connectivity index (χ2v) is 8.68. The summed E-state index contributed by atoms with van der Waals surface area (Å²) in [6.07, 6.45) is 0. The summed E-state index contributed by atoms with van der Waals surface area (Å²) in [6.45, 7) is 4.22. The van der Waals surface area contributed by atoms with E-state index >= 15 is 0 Å². The Morgan fingerprint density at radius 1 is 1.16 bits per heavy atom. The number of aliphatic hydroxyl groups excluding tert-OH is 1. The van der Waals surface area contributed by atoms with E-state index in [1.165, 1.54) is 0 Å². The van der Waals surface area contributed by atoms with Gasteiger partial charge in [-0.05, 0) is 86.3 Å². The van der Waals surface area contributed by atoms with E-state index in [0.717, 1.165) is 22.6 Å². The Balaban J connectivity index is 1.36. The number of aliphatic hydroxyl groups is 1. The predicted octanol–water partition coefficient (Wildman–Crippen LogP) is 3.20. The van der Waals surface area contributed by atoms with Crippen molar-refractivity contribution in [1.29, 1.82) is 0 Å². The lowest BCUT2D eigenvalue weighted by atomic mass is 9.92. The number of aryl methyl sites for hydroxylation is 1. The number of hydrazine groups is 1. The van der Waals surface area contributed by atoms with Crippen LogP contribution in [0.4, 0.5) is 11.4 Å². The standard InChI is InChI=1S/C21H24N6O3S2/c1-13-9-14(3-8-17(13)26-10-21(2,11-28)18(29)25-26)22-12-30-16-6-4-15(5-7-16)27-19(31)23-24-20(27)32/h3-9,22,28H,10-12H2,1-2H3,(H,23,31)(H,24,32)(H,25,29). The molecule has 3 aromatic rings. The molecule has 1 aromatic heterocycles. The lowest BCUT2D eigenvalue weighted by Gasteiger charge is -2.22. The summed E-state index contributed by atoms with van der Waals surface area (Å²) in [5.41, 5.74) is 5.64. The minimum Gasteiger partial charge on any atom is -0.473 e. The zero-order valence-corrected chi connectivity index (χ0v) is 19.3. The van der Waals surface area contributed by atoms with E-state index in [4.69, 9.17) is 29.2 Å². The molecule has 1 amide bonds. The fraction of sp³-hybridized carbons (Fsp3) is 0.286. The van der Waals surface area contributed by atoms with Crippen LogP contribution in [0.2, 0.25) is 0 Å². The van der Waals surface area contributed by atoms with Crippen LogP contribution in [0.15, 0.2) is 42.5 Å². The van der Waals surface area contributed by atoms with Gasteiger partial charge in [-0.3, -0.25) is 30.0 Å². The molecule has 0 radical (unpaired) electrons. The average Bonchev–Trinajstić information content (AvgIpc) is 3.27. The summed E-state index contributed by atoms with van der Waals surface area (Å²) < 4.78 is 8.51. The van der Waals surface area contributed by atoms with Crippen molar-refractivity contribution >= 4 is 41.7 Å². The highest BCUT2D eigenvalue weighted by molar-refractivity contribution is 7.72. The number of benzene rings is 2. The van der Waals surface area contributed by atoms with Crippen molar-refractivity contribution < 1.29 is 14.6 Å². The minimum atomic E-state index is -0.801. The molecule has 1 aliphatic rings. The van der Waals surface area contributed by atoms with Crippen LogP contribution < -0.4 is 20.5 Å². The molecule has 4 rings (SSSR count). The van der Waals surface area contributed by atoms with E-state index in [1.807, 2.05) is 49.4 Å². The van der Waals surface area contributed by atoms with Gasteiger partial charge in [0.15, 0.2) is 16.3 Å². The first-order valence-electron chi connectivity index (χ1n) is 9.98. The van der Waals surface area contributed by atoms with E-state index in [2.05, 4.69) is 20.9 Å². The summed E-state index contributed by atoms with van der Waals surface area (Å²) >= 11 is 10.4. The number of carbonyl (C=O) groups is 1. The number of nitrogens with one attached hydrogen (secondary N) is 4. The molecule has 168 valence electrons. The number of nitrogens with zero attached hydrogens (tertiary/aromatic N) is 2. The zero-order valence-electron chi connectivity index (χ0n) is 17.6. The number of hydrogen-bond donors (Lipinski definition) is 5. The molecule has 11 heteroatoms. The maximum Gasteiger partial charge on any atom is 0.248 e. The van der Waals surface area contributed by atoms with Crippen LogP contribution in [0.25, 0.3) is 5.69 Å². The molecule has 1 fully saturated rings. The molecule has 1 atom stereocenters. The van der Waals surface area contributed by atoms with Gasteiger partial charge >= 0.3 is 0 Å². The predicted molar refractivity (Wildman–Crippen MR) is 127 cm³/mol. The molecule has 1 aliphatic heterocycles. The molecule has 9 nitrogen and oxygen atoms in total. The molecule has 32 heavy (non-hydrogen) atoms. The van der Waals surface area contributed by atoms with Crippen LogP contribution in [-0.2, 0) is 4.79 Å². The highest BCUT2D eigenvalue weighted by Gasteiger charge is 2.42. The normalized spacial score (nSPS) is 18.0. The molecule has 0 bridgehead atoms. The lowest BCUT2D eigenvalue weighted by molar-refractivity contribution is -0.128. The van der Waals surface area contributed by atoms with Gasteiger partial charge in [0.1, 0.15) is 5.75 Å². The Kier molecular flexibility index (Phi) is 6.04. The summed E-state index contributed by atoms with van der Waals surface area (Å²) in [4.78, 5) is 12.1. The highest BCUT2D eigenvalue weighted by atomic mass is 32.1. The number of hydrogen-bond acceptors (Lipinski definition) is 7. The topological polar surface area (TPSA) is 110 Å². The number of aromatic nitrogens is 3. The second kappa shape index (κ2) is 8.77. The van der Waals surface area contributed by atoms with E-state index in [9.17, 15) is 9.90 Å². The number of amides is 1. The SMILES string of the molecule is Cc1cc(NCOc2ccc(-n3c(=S)[nH][nH]c3=S)cc2)ccc1N1CC(C)(CO)C(=O)N1. The van der Waals surface area contributed by atoms with E-state index in [1.54, 1.807) is 16.5 Å². The average molecular weight is 473 g/mol. The summed E-state index contributed by atoms with van der Waals surface area (Å²) in [5.74, 6) is 0.525. The second-order valence-electron chi connectivity index (χ2n) is 7.90. The molecule has 0 aliphatic carbocycles. The van der Waals surface area contributed by atoms with Crippen LogP contribution in [0.1, 0.15) is 12.5 Å². The Bertz CT molecular complexity index is 1220. The van der Waals surface area contributed by atoms with Crippen molar-refractivity contribution in [3.05, 3.63) is 57.6 Å². The van der Waals surface area contributed by atoms with Crippen LogP contribution >= 0.6 is 24.4 Å². The van der Waals surface area contributed by atoms with E-state index < -0.39 is 5.41 Å². The monoisotopic (exact) mass is 472 g/mol. The van der Waals surface area contributed by atoms with Gasteiger partial charge in [0.05, 0.1) is 29.9 Å². The van der Waals surface area contributed by atoms with Gasteiger partial charge in [-0.25, -0.2) is 0 Å². The smallest absolute Gasteiger partial charge is 0.248 e. The van der Waals surface area contributed by atoms with Gasteiger partial charge in [0.25, 0.3) is 0 Å². The van der Waals surface area contributed by atoms with Gasteiger partial charge in [0.2, 0.25) is 5.91 Å². The lowest BCUT2D eigenvalue weighted by Crippen LogP contribution is -2.34. The third-order valence-corrected chi connectivity index (χ3v) is 5.99. The minimum absolute atomic E-state index is 0.179. The number of H-pyrrole nitrogens is 2. The van der Waals surface area contributed by atoms with Gasteiger partial charge in [-0.1, -0.05) is 0 Å². The molecule has 1 saturated heterocycles. The molecule has 1 unspecified atom stereocenters. The third-order valence-electron chi connectivity index (χ3n) is 5.42. The summed E-state index contributed by atoms with van der Waals surface area (Å²) in [7, 11) is 0.